The van der Waals surface area contributed by atoms with Crippen LogP contribution in [0.25, 0.3) is 10.9 Å². The lowest BCUT2D eigenvalue weighted by Gasteiger charge is -2.31. The van der Waals surface area contributed by atoms with Gasteiger partial charge in [-0.05, 0) is 50.7 Å². The van der Waals surface area contributed by atoms with Gasteiger partial charge in [0.1, 0.15) is 0 Å². The van der Waals surface area contributed by atoms with Gasteiger partial charge in [-0.25, -0.2) is 0 Å². The van der Waals surface area contributed by atoms with Crippen molar-refractivity contribution in [1.82, 2.24) is 15.2 Å². The monoisotopic (exact) mass is 369 g/mol. The highest BCUT2D eigenvalue weighted by Gasteiger charge is 2.18. The van der Waals surface area contributed by atoms with Crippen LogP contribution < -0.4 is 5.32 Å². The maximum Gasteiger partial charge on any atom is 0.0758 e. The summed E-state index contributed by atoms with van der Waals surface area (Å²) in [4.78, 5) is 7.10. The number of likely N-dealkylation sites (tertiary alicyclic amines) is 1. The second kappa shape index (κ2) is 7.54. The third-order valence-electron chi connectivity index (χ3n) is 4.19. The molecule has 1 aliphatic heterocycles. The number of nitrogens with zero attached hydrogens (tertiary/aromatic N) is 2. The van der Waals surface area contributed by atoms with Gasteiger partial charge in [0.25, 0.3) is 0 Å². The summed E-state index contributed by atoms with van der Waals surface area (Å²) in [5, 5.41) is 4.58. The zero-order valence-electron chi connectivity index (χ0n) is 12.2. The van der Waals surface area contributed by atoms with E-state index in [9.17, 15) is 0 Å². The fourth-order valence-electron chi connectivity index (χ4n) is 2.94. The minimum absolute atomic E-state index is 0. The van der Waals surface area contributed by atoms with Crippen molar-refractivity contribution in [2.45, 2.75) is 25.4 Å². The van der Waals surface area contributed by atoms with E-state index in [4.69, 9.17) is 0 Å². The molecule has 1 aromatic heterocycles. The first kappa shape index (κ1) is 16.7. The number of pyridine rings is 1. The van der Waals surface area contributed by atoms with Crippen LogP contribution in [-0.4, -0.2) is 36.1 Å². The Morgan fingerprint density at radius 2 is 2.05 bits per heavy atom. The largest absolute Gasteiger partial charge is 0.317 e. The Morgan fingerprint density at radius 1 is 1.29 bits per heavy atom. The third-order valence-corrected chi connectivity index (χ3v) is 4.88. The maximum atomic E-state index is 4.57. The Bertz CT molecular complexity index is 597. The number of piperidine rings is 1. The van der Waals surface area contributed by atoms with Crippen molar-refractivity contribution in [1.29, 1.82) is 0 Å². The first-order valence-corrected chi connectivity index (χ1v) is 7.99. The number of fused-ring (bicyclic) bond motifs is 1. The average molecular weight is 371 g/mol. The molecule has 3 rings (SSSR count). The second-order valence-corrected chi connectivity index (χ2v) is 6.30. The molecule has 0 radical (unpaired) electrons. The van der Waals surface area contributed by atoms with Gasteiger partial charge in [-0.1, -0.05) is 28.1 Å². The van der Waals surface area contributed by atoms with Crippen molar-refractivity contribution < 1.29 is 0 Å². The van der Waals surface area contributed by atoms with E-state index >= 15 is 0 Å². The summed E-state index contributed by atoms with van der Waals surface area (Å²) in [5.74, 6) is 0. The minimum atomic E-state index is 0. The number of halogens is 2. The highest BCUT2D eigenvalue weighted by molar-refractivity contribution is 9.10. The minimum Gasteiger partial charge on any atom is -0.317 e. The van der Waals surface area contributed by atoms with Crippen LogP contribution in [0, 0.1) is 0 Å². The number of aromatic nitrogens is 1. The van der Waals surface area contributed by atoms with Crippen molar-refractivity contribution in [2.75, 3.05) is 20.1 Å². The van der Waals surface area contributed by atoms with E-state index in [1.807, 2.05) is 12.3 Å². The fraction of sp³-hybridized carbons (Fsp3) is 0.438. The summed E-state index contributed by atoms with van der Waals surface area (Å²) in [7, 11) is 2.06. The molecule has 114 valence electrons. The van der Waals surface area contributed by atoms with Crippen molar-refractivity contribution in [3.05, 3.63) is 40.5 Å². The molecule has 0 unspecified atom stereocenters. The van der Waals surface area contributed by atoms with E-state index in [0.717, 1.165) is 29.6 Å². The first-order valence-electron chi connectivity index (χ1n) is 7.19. The molecule has 2 heterocycles. The van der Waals surface area contributed by atoms with Gasteiger partial charge < -0.3 is 5.32 Å². The smallest absolute Gasteiger partial charge is 0.0758 e. The molecule has 5 heteroatoms. The predicted molar refractivity (Wildman–Crippen MR) is 94.0 cm³/mol. The molecule has 21 heavy (non-hydrogen) atoms. The fourth-order valence-corrected chi connectivity index (χ4v) is 3.40. The summed E-state index contributed by atoms with van der Waals surface area (Å²) < 4.78 is 1.12. The lowest BCUT2D eigenvalue weighted by atomic mass is 10.0. The highest BCUT2D eigenvalue weighted by atomic mass is 79.9. The molecule has 1 aromatic carbocycles. The van der Waals surface area contributed by atoms with Gasteiger partial charge in [0.2, 0.25) is 0 Å². The number of benzene rings is 1. The summed E-state index contributed by atoms with van der Waals surface area (Å²) >= 11 is 3.61. The molecule has 2 aromatic rings. The molecule has 3 nitrogen and oxygen atoms in total. The molecule has 0 amide bonds. The summed E-state index contributed by atoms with van der Waals surface area (Å²) in [5.41, 5.74) is 2.45. The van der Waals surface area contributed by atoms with Crippen molar-refractivity contribution in [3.63, 3.8) is 0 Å². The number of hydrogen-bond acceptors (Lipinski definition) is 3. The molecule has 0 atom stereocenters. The zero-order chi connectivity index (χ0) is 13.9. The van der Waals surface area contributed by atoms with Crippen LogP contribution in [0.4, 0.5) is 0 Å². The molecule has 1 saturated heterocycles. The molecule has 0 saturated carbocycles. The summed E-state index contributed by atoms with van der Waals surface area (Å²) in [6, 6.07) is 9.15. The number of nitrogens with one attached hydrogen (secondary N) is 1. The van der Waals surface area contributed by atoms with Gasteiger partial charge in [0.05, 0.1) is 5.52 Å². The predicted octanol–water partition coefficient (Wildman–Crippen LogP) is 3.60. The number of hydrogen-bond donors (Lipinski definition) is 1. The Kier molecular flexibility index (Phi) is 5.99. The molecule has 0 spiro atoms. The summed E-state index contributed by atoms with van der Waals surface area (Å²) in [6.07, 6.45) is 4.35. The lowest BCUT2D eigenvalue weighted by Crippen LogP contribution is -2.40. The van der Waals surface area contributed by atoms with Gasteiger partial charge in [-0.15, -0.1) is 12.4 Å². The van der Waals surface area contributed by atoms with E-state index < -0.39 is 0 Å². The SMILES string of the molecule is CNC1CCN(Cc2ccc(Br)c3cccnc23)CC1.Cl. The Labute approximate surface area is 140 Å². The molecular weight excluding hydrogens is 350 g/mol. The molecule has 1 fully saturated rings. The van der Waals surface area contributed by atoms with Crippen LogP contribution >= 0.6 is 28.3 Å². The Morgan fingerprint density at radius 3 is 2.76 bits per heavy atom. The Balaban J connectivity index is 0.00000161. The van der Waals surface area contributed by atoms with Crippen LogP contribution in [-0.2, 0) is 6.54 Å². The lowest BCUT2D eigenvalue weighted by molar-refractivity contribution is 0.195. The zero-order valence-corrected chi connectivity index (χ0v) is 14.6. The van der Waals surface area contributed by atoms with Gasteiger partial charge >= 0.3 is 0 Å². The molecule has 1 N–H and O–H groups in total. The van der Waals surface area contributed by atoms with Crippen molar-refractivity contribution in [3.8, 4) is 0 Å². The normalized spacial score (nSPS) is 16.9. The van der Waals surface area contributed by atoms with Crippen molar-refractivity contribution >= 4 is 39.2 Å². The molecule has 1 aliphatic rings. The summed E-state index contributed by atoms with van der Waals surface area (Å²) in [6.45, 7) is 3.32. The van der Waals surface area contributed by atoms with Crippen LogP contribution in [0.2, 0.25) is 0 Å². The van der Waals surface area contributed by atoms with E-state index in [2.05, 4.69) is 56.4 Å². The van der Waals surface area contributed by atoms with Gasteiger partial charge in [-0.3, -0.25) is 9.88 Å². The topological polar surface area (TPSA) is 28.2 Å². The van der Waals surface area contributed by atoms with Crippen LogP contribution in [0.15, 0.2) is 34.9 Å². The van der Waals surface area contributed by atoms with Gasteiger partial charge in [0, 0.05) is 28.6 Å². The Hall–Kier alpha value is -0.680. The number of rotatable bonds is 3. The van der Waals surface area contributed by atoms with E-state index in [1.54, 1.807) is 0 Å². The van der Waals surface area contributed by atoms with E-state index in [1.165, 1.54) is 23.8 Å². The second-order valence-electron chi connectivity index (χ2n) is 5.45. The van der Waals surface area contributed by atoms with E-state index in [-0.39, 0.29) is 12.4 Å². The average Bonchev–Trinajstić information content (AvgIpc) is 2.51. The maximum absolute atomic E-state index is 4.57. The highest BCUT2D eigenvalue weighted by Crippen LogP contribution is 2.26. The third kappa shape index (κ3) is 3.75. The molecule has 0 aliphatic carbocycles. The van der Waals surface area contributed by atoms with Crippen molar-refractivity contribution in [2.24, 2.45) is 0 Å². The van der Waals surface area contributed by atoms with Gasteiger partial charge in [-0.2, -0.15) is 0 Å². The molecular formula is C16H21BrClN3. The van der Waals surface area contributed by atoms with Crippen LogP contribution in [0.5, 0.6) is 0 Å². The van der Waals surface area contributed by atoms with Gasteiger partial charge in [0.15, 0.2) is 0 Å². The van der Waals surface area contributed by atoms with E-state index in [0.29, 0.717) is 6.04 Å². The first-order chi connectivity index (χ1) is 9.78. The quantitative estimate of drug-likeness (QED) is 0.894. The molecule has 0 bridgehead atoms. The standard InChI is InChI=1S/C16H20BrN3.ClH/c1-18-13-6-9-20(10-7-13)11-12-4-5-15(17)14-3-2-8-19-16(12)14;/h2-5,8,13,18H,6-7,9-11H2,1H3;1H. The van der Waals surface area contributed by atoms with Crippen LogP contribution in [0.1, 0.15) is 18.4 Å². The van der Waals surface area contributed by atoms with Crippen LogP contribution in [0.3, 0.4) is 0 Å².